The van der Waals surface area contributed by atoms with E-state index >= 15 is 0 Å². The van der Waals surface area contributed by atoms with Gasteiger partial charge in [0.25, 0.3) is 5.91 Å². The number of phenols is 1. The molecule has 0 aromatic heterocycles. The molecule has 0 fully saturated rings. The first-order valence-corrected chi connectivity index (χ1v) is 7.05. The summed E-state index contributed by atoms with van der Waals surface area (Å²) in [5.74, 6) is 0.263. The third-order valence-corrected chi connectivity index (χ3v) is 3.38. The summed E-state index contributed by atoms with van der Waals surface area (Å²) in [7, 11) is 0. The summed E-state index contributed by atoms with van der Waals surface area (Å²) >= 11 is 7.76. The normalized spacial score (nSPS) is 12.2. The Balaban J connectivity index is 2.78. The molecule has 2 N–H and O–H groups in total. The largest absolute Gasteiger partial charge is 0.507 e. The molecule has 5 heteroatoms. The Morgan fingerprint density at radius 3 is 2.88 bits per heavy atom. The van der Waals surface area contributed by atoms with E-state index < -0.39 is 0 Å². The maximum absolute atomic E-state index is 11.9. The van der Waals surface area contributed by atoms with Gasteiger partial charge in [-0.3, -0.25) is 4.79 Å². The first kappa shape index (κ1) is 14.6. The van der Waals surface area contributed by atoms with Crippen LogP contribution in [0.2, 0.25) is 0 Å². The SMILES string of the molecule is CCC(CCCl)NC(=O)c1cc(I)ccc1O. The minimum absolute atomic E-state index is 0.00337. The van der Waals surface area contributed by atoms with Gasteiger partial charge in [-0.25, -0.2) is 0 Å². The van der Waals surface area contributed by atoms with E-state index in [-0.39, 0.29) is 17.7 Å². The van der Waals surface area contributed by atoms with Gasteiger partial charge in [0.2, 0.25) is 0 Å². The minimum atomic E-state index is -0.252. The maximum atomic E-state index is 11.9. The van der Waals surface area contributed by atoms with E-state index in [0.29, 0.717) is 11.4 Å². The summed E-state index contributed by atoms with van der Waals surface area (Å²) in [6.45, 7) is 1.99. The second-order valence-electron chi connectivity index (χ2n) is 3.72. The number of hydrogen-bond acceptors (Lipinski definition) is 2. The summed E-state index contributed by atoms with van der Waals surface area (Å²) in [5, 5.41) is 12.5. The van der Waals surface area contributed by atoms with Gasteiger partial charge in [-0.05, 0) is 53.6 Å². The fourth-order valence-corrected chi connectivity index (χ4v) is 2.22. The van der Waals surface area contributed by atoms with E-state index in [0.717, 1.165) is 16.4 Å². The van der Waals surface area contributed by atoms with Crippen molar-refractivity contribution < 1.29 is 9.90 Å². The quantitative estimate of drug-likeness (QED) is 0.620. The molecule has 94 valence electrons. The second-order valence-corrected chi connectivity index (χ2v) is 5.34. The summed E-state index contributed by atoms with van der Waals surface area (Å²) in [6, 6.07) is 5.00. The molecule has 0 aliphatic carbocycles. The van der Waals surface area contributed by atoms with Crippen LogP contribution in [0.15, 0.2) is 18.2 Å². The van der Waals surface area contributed by atoms with Crippen LogP contribution in [0.3, 0.4) is 0 Å². The molecule has 0 saturated heterocycles. The molecule has 0 aliphatic heterocycles. The number of rotatable bonds is 5. The van der Waals surface area contributed by atoms with Crippen molar-refractivity contribution in [3.05, 3.63) is 27.3 Å². The third-order valence-electron chi connectivity index (χ3n) is 2.49. The molecule has 0 bridgehead atoms. The lowest BCUT2D eigenvalue weighted by atomic mass is 10.1. The van der Waals surface area contributed by atoms with Crippen molar-refractivity contribution in [2.75, 3.05) is 5.88 Å². The Morgan fingerprint density at radius 1 is 1.59 bits per heavy atom. The summed E-state index contributed by atoms with van der Waals surface area (Å²) in [5.41, 5.74) is 0.310. The number of benzene rings is 1. The molecule has 0 spiro atoms. The topological polar surface area (TPSA) is 49.3 Å². The monoisotopic (exact) mass is 367 g/mol. The molecule has 0 saturated carbocycles. The molecule has 0 heterocycles. The smallest absolute Gasteiger partial charge is 0.255 e. The van der Waals surface area contributed by atoms with Crippen LogP contribution in [-0.2, 0) is 0 Å². The van der Waals surface area contributed by atoms with E-state index in [9.17, 15) is 9.90 Å². The van der Waals surface area contributed by atoms with Crippen molar-refractivity contribution in [3.63, 3.8) is 0 Å². The lowest BCUT2D eigenvalue weighted by Gasteiger charge is -2.16. The van der Waals surface area contributed by atoms with Crippen LogP contribution in [-0.4, -0.2) is 22.9 Å². The minimum Gasteiger partial charge on any atom is -0.507 e. The Labute approximate surface area is 120 Å². The summed E-state index contributed by atoms with van der Waals surface area (Å²) in [4.78, 5) is 11.9. The Hall–Kier alpha value is -0.490. The van der Waals surface area contributed by atoms with Gasteiger partial charge in [0.15, 0.2) is 0 Å². The van der Waals surface area contributed by atoms with Gasteiger partial charge in [0.05, 0.1) is 5.56 Å². The lowest BCUT2D eigenvalue weighted by Crippen LogP contribution is -2.34. The Kier molecular flexibility index (Phi) is 6.05. The molecular formula is C12H15ClINO2. The zero-order valence-corrected chi connectivity index (χ0v) is 12.5. The van der Waals surface area contributed by atoms with Crippen LogP contribution in [0.1, 0.15) is 30.1 Å². The van der Waals surface area contributed by atoms with E-state index in [1.165, 1.54) is 6.07 Å². The number of nitrogens with one attached hydrogen (secondary N) is 1. The number of amides is 1. The highest BCUT2D eigenvalue weighted by Gasteiger charge is 2.15. The van der Waals surface area contributed by atoms with Crippen molar-refractivity contribution in [2.45, 2.75) is 25.8 Å². The lowest BCUT2D eigenvalue weighted by molar-refractivity contribution is 0.0932. The summed E-state index contributed by atoms with van der Waals surface area (Å²) in [6.07, 6.45) is 1.55. The van der Waals surface area contributed by atoms with Gasteiger partial charge < -0.3 is 10.4 Å². The third kappa shape index (κ3) is 4.35. The predicted molar refractivity (Wildman–Crippen MR) is 77.7 cm³/mol. The summed E-state index contributed by atoms with van der Waals surface area (Å²) < 4.78 is 0.913. The van der Waals surface area contributed by atoms with E-state index in [1.54, 1.807) is 12.1 Å². The fraction of sp³-hybridized carbons (Fsp3) is 0.417. The second kappa shape index (κ2) is 7.06. The van der Waals surface area contributed by atoms with Crippen molar-refractivity contribution in [1.29, 1.82) is 0 Å². The average molecular weight is 368 g/mol. The van der Waals surface area contributed by atoms with E-state index in [1.807, 2.05) is 6.92 Å². The van der Waals surface area contributed by atoms with Crippen molar-refractivity contribution in [3.8, 4) is 5.75 Å². The van der Waals surface area contributed by atoms with Crippen LogP contribution in [0, 0.1) is 3.57 Å². The van der Waals surface area contributed by atoms with E-state index in [2.05, 4.69) is 27.9 Å². The van der Waals surface area contributed by atoms with E-state index in [4.69, 9.17) is 11.6 Å². The highest BCUT2D eigenvalue weighted by Crippen LogP contribution is 2.19. The van der Waals surface area contributed by atoms with Gasteiger partial charge in [0.1, 0.15) is 5.75 Å². The fourth-order valence-electron chi connectivity index (χ4n) is 1.46. The van der Waals surface area contributed by atoms with Gasteiger partial charge in [0, 0.05) is 15.5 Å². The number of phenolic OH excluding ortho intramolecular Hbond substituents is 1. The highest BCUT2D eigenvalue weighted by atomic mass is 127. The molecule has 0 radical (unpaired) electrons. The first-order valence-electron chi connectivity index (χ1n) is 5.43. The number of hydrogen-bond donors (Lipinski definition) is 2. The number of halogens is 2. The van der Waals surface area contributed by atoms with Crippen molar-refractivity contribution in [1.82, 2.24) is 5.32 Å². The standard InChI is InChI=1S/C12H15ClINO2/c1-2-9(5-6-13)15-12(17)10-7-8(14)3-4-11(10)16/h3-4,7,9,16H,2,5-6H2,1H3,(H,15,17). The zero-order valence-electron chi connectivity index (χ0n) is 9.54. The predicted octanol–water partition coefficient (Wildman–Crippen LogP) is 3.13. The highest BCUT2D eigenvalue weighted by molar-refractivity contribution is 14.1. The molecular weight excluding hydrogens is 352 g/mol. The van der Waals surface area contributed by atoms with Crippen LogP contribution < -0.4 is 5.32 Å². The molecule has 1 aromatic carbocycles. The van der Waals surface area contributed by atoms with Gasteiger partial charge in [-0.2, -0.15) is 0 Å². The number of carbonyl (C=O) groups is 1. The molecule has 3 nitrogen and oxygen atoms in total. The molecule has 0 aliphatic rings. The van der Waals surface area contributed by atoms with Crippen molar-refractivity contribution >= 4 is 40.1 Å². The number of aromatic hydroxyl groups is 1. The first-order chi connectivity index (χ1) is 8.08. The number of carbonyl (C=O) groups excluding carboxylic acids is 1. The number of alkyl halides is 1. The molecule has 17 heavy (non-hydrogen) atoms. The van der Waals surface area contributed by atoms with Gasteiger partial charge in [-0.1, -0.05) is 6.92 Å². The van der Waals surface area contributed by atoms with Crippen LogP contribution in [0.5, 0.6) is 5.75 Å². The van der Waals surface area contributed by atoms with Crippen molar-refractivity contribution in [2.24, 2.45) is 0 Å². The average Bonchev–Trinajstić information content (AvgIpc) is 2.31. The molecule has 1 rings (SSSR count). The Morgan fingerprint density at radius 2 is 2.29 bits per heavy atom. The van der Waals surface area contributed by atoms with Gasteiger partial charge in [-0.15, -0.1) is 11.6 Å². The van der Waals surface area contributed by atoms with Crippen LogP contribution in [0.4, 0.5) is 0 Å². The molecule has 1 aromatic rings. The van der Waals surface area contributed by atoms with Crippen LogP contribution in [0.25, 0.3) is 0 Å². The Bertz CT molecular complexity index is 398. The molecule has 1 atom stereocenters. The van der Waals surface area contributed by atoms with Gasteiger partial charge >= 0.3 is 0 Å². The zero-order chi connectivity index (χ0) is 12.8. The molecule has 1 unspecified atom stereocenters. The van der Waals surface area contributed by atoms with Crippen LogP contribution >= 0.6 is 34.2 Å². The maximum Gasteiger partial charge on any atom is 0.255 e. The molecule has 1 amide bonds.